The molecule has 1 atom stereocenters. The maximum atomic E-state index is 3.61. The van der Waals surface area contributed by atoms with Crippen LogP contribution in [0.4, 0.5) is 0 Å². The van der Waals surface area contributed by atoms with Crippen LogP contribution in [0.2, 0.25) is 0 Å². The van der Waals surface area contributed by atoms with Gasteiger partial charge in [-0.25, -0.2) is 0 Å². The number of piperidine rings is 1. The van der Waals surface area contributed by atoms with Crippen LogP contribution in [0.5, 0.6) is 0 Å². The summed E-state index contributed by atoms with van der Waals surface area (Å²) in [5.74, 6) is 0. The van der Waals surface area contributed by atoms with Gasteiger partial charge in [-0.1, -0.05) is 35.7 Å². The molecule has 0 aromatic heterocycles. The number of hydrogen-bond donors (Lipinski definition) is 1. The Morgan fingerprint density at radius 3 is 2.47 bits per heavy atom. The quantitative estimate of drug-likeness (QED) is 0.779. The molecule has 0 radical (unpaired) electrons. The lowest BCUT2D eigenvalue weighted by molar-refractivity contribution is 0.399. The van der Waals surface area contributed by atoms with Crippen LogP contribution in [0.1, 0.15) is 36.0 Å². The van der Waals surface area contributed by atoms with Crippen molar-refractivity contribution in [2.24, 2.45) is 0 Å². The topological polar surface area (TPSA) is 12.0 Å². The van der Waals surface area contributed by atoms with Gasteiger partial charge in [-0.05, 0) is 45.2 Å². The van der Waals surface area contributed by atoms with Gasteiger partial charge in [-0.3, -0.25) is 0 Å². The fourth-order valence-corrected chi connectivity index (χ4v) is 2.57. The fraction of sp³-hybridized carbons (Fsp3) is 0.571. The van der Waals surface area contributed by atoms with Crippen molar-refractivity contribution in [3.8, 4) is 0 Å². The van der Waals surface area contributed by atoms with Crippen molar-refractivity contribution in [1.29, 1.82) is 0 Å². The molecule has 1 N–H and O–H groups in total. The second-order valence-electron chi connectivity index (χ2n) is 4.85. The van der Waals surface area contributed by atoms with E-state index in [4.69, 9.17) is 0 Å². The SMILES string of the molecule is Cc1cc(C)cc(C[C@H]2CCCCN2)c1. The summed E-state index contributed by atoms with van der Waals surface area (Å²) in [7, 11) is 0. The maximum Gasteiger partial charge on any atom is 0.0107 e. The van der Waals surface area contributed by atoms with Gasteiger partial charge in [-0.2, -0.15) is 0 Å². The van der Waals surface area contributed by atoms with Crippen molar-refractivity contribution in [3.05, 3.63) is 34.9 Å². The minimum absolute atomic E-state index is 0.708. The Hall–Kier alpha value is -0.820. The normalized spacial score (nSPS) is 21.6. The van der Waals surface area contributed by atoms with Crippen LogP contribution in [0, 0.1) is 13.8 Å². The minimum atomic E-state index is 0.708. The third-order valence-corrected chi connectivity index (χ3v) is 3.18. The summed E-state index contributed by atoms with van der Waals surface area (Å²) in [6, 6.07) is 7.60. The van der Waals surface area contributed by atoms with E-state index in [1.807, 2.05) is 0 Å². The molecule has 1 heterocycles. The Labute approximate surface area is 92.9 Å². The van der Waals surface area contributed by atoms with E-state index in [2.05, 4.69) is 37.4 Å². The molecule has 15 heavy (non-hydrogen) atoms. The van der Waals surface area contributed by atoms with Crippen molar-refractivity contribution < 1.29 is 0 Å². The second kappa shape index (κ2) is 4.80. The average molecular weight is 203 g/mol. The maximum absolute atomic E-state index is 3.61. The Balaban J connectivity index is 2.02. The molecule has 2 rings (SSSR count). The molecule has 1 heteroatoms. The highest BCUT2D eigenvalue weighted by Gasteiger charge is 2.12. The monoisotopic (exact) mass is 203 g/mol. The molecule has 1 nitrogen and oxygen atoms in total. The summed E-state index contributed by atoms with van der Waals surface area (Å²) in [5.41, 5.74) is 4.27. The van der Waals surface area contributed by atoms with Gasteiger partial charge < -0.3 is 5.32 Å². The van der Waals surface area contributed by atoms with Gasteiger partial charge in [0.2, 0.25) is 0 Å². The largest absolute Gasteiger partial charge is 0.314 e. The molecule has 0 bridgehead atoms. The van der Waals surface area contributed by atoms with E-state index in [0.29, 0.717) is 6.04 Å². The Morgan fingerprint density at radius 2 is 1.87 bits per heavy atom. The molecule has 1 aliphatic rings. The van der Waals surface area contributed by atoms with Gasteiger partial charge >= 0.3 is 0 Å². The van der Waals surface area contributed by atoms with Gasteiger partial charge in [0.1, 0.15) is 0 Å². The zero-order valence-corrected chi connectivity index (χ0v) is 9.84. The zero-order valence-electron chi connectivity index (χ0n) is 9.84. The summed E-state index contributed by atoms with van der Waals surface area (Å²) in [6.45, 7) is 5.57. The lowest BCUT2D eigenvalue weighted by Crippen LogP contribution is -2.35. The summed E-state index contributed by atoms with van der Waals surface area (Å²) in [6.07, 6.45) is 5.28. The molecule has 0 aliphatic carbocycles. The molecule has 1 saturated heterocycles. The van der Waals surface area contributed by atoms with Crippen LogP contribution in [-0.4, -0.2) is 12.6 Å². The van der Waals surface area contributed by atoms with Crippen molar-refractivity contribution in [2.45, 2.75) is 45.6 Å². The zero-order chi connectivity index (χ0) is 10.7. The number of rotatable bonds is 2. The van der Waals surface area contributed by atoms with Crippen molar-refractivity contribution in [3.63, 3.8) is 0 Å². The van der Waals surface area contributed by atoms with Crippen molar-refractivity contribution in [1.82, 2.24) is 5.32 Å². The summed E-state index contributed by atoms with van der Waals surface area (Å²) < 4.78 is 0. The summed E-state index contributed by atoms with van der Waals surface area (Å²) >= 11 is 0. The van der Waals surface area contributed by atoms with E-state index >= 15 is 0 Å². The fourth-order valence-electron chi connectivity index (χ4n) is 2.57. The first-order chi connectivity index (χ1) is 7.24. The van der Waals surface area contributed by atoms with Gasteiger partial charge in [-0.15, -0.1) is 0 Å². The lowest BCUT2D eigenvalue weighted by atomic mass is 9.96. The first-order valence-electron chi connectivity index (χ1n) is 6.04. The van der Waals surface area contributed by atoms with E-state index in [1.54, 1.807) is 0 Å². The number of hydrogen-bond acceptors (Lipinski definition) is 1. The molecule has 1 aliphatic heterocycles. The van der Waals surface area contributed by atoms with Crippen LogP contribution < -0.4 is 5.32 Å². The highest BCUT2D eigenvalue weighted by atomic mass is 14.9. The molecule has 0 spiro atoms. The standard InChI is InChI=1S/C14H21N/c1-11-7-12(2)9-13(8-11)10-14-5-3-4-6-15-14/h7-9,14-15H,3-6,10H2,1-2H3/t14-/m1/s1. The van der Waals surface area contributed by atoms with Gasteiger partial charge in [0.25, 0.3) is 0 Å². The molecule has 1 aromatic rings. The van der Waals surface area contributed by atoms with E-state index in [-0.39, 0.29) is 0 Å². The van der Waals surface area contributed by atoms with E-state index < -0.39 is 0 Å². The Bertz CT molecular complexity index is 304. The van der Waals surface area contributed by atoms with Gasteiger partial charge in [0, 0.05) is 6.04 Å². The first kappa shape index (κ1) is 10.7. The molecule has 1 fully saturated rings. The third-order valence-electron chi connectivity index (χ3n) is 3.18. The first-order valence-corrected chi connectivity index (χ1v) is 6.04. The number of nitrogens with one attached hydrogen (secondary N) is 1. The molecule has 1 aromatic carbocycles. The molecule has 82 valence electrons. The molecule has 0 saturated carbocycles. The van der Waals surface area contributed by atoms with Crippen LogP contribution in [-0.2, 0) is 6.42 Å². The summed E-state index contributed by atoms with van der Waals surface area (Å²) in [5, 5.41) is 3.61. The molecule has 0 unspecified atom stereocenters. The van der Waals surface area contributed by atoms with Crippen molar-refractivity contribution in [2.75, 3.05) is 6.54 Å². The molecular formula is C14H21N. The van der Waals surface area contributed by atoms with Crippen LogP contribution in [0.25, 0.3) is 0 Å². The Kier molecular flexibility index (Phi) is 3.42. The minimum Gasteiger partial charge on any atom is -0.314 e. The predicted octanol–water partition coefficient (Wildman–Crippen LogP) is 2.99. The predicted molar refractivity (Wildman–Crippen MR) is 65.3 cm³/mol. The van der Waals surface area contributed by atoms with Crippen LogP contribution in [0.3, 0.4) is 0 Å². The Morgan fingerprint density at radius 1 is 1.13 bits per heavy atom. The molecule has 0 amide bonds. The van der Waals surface area contributed by atoms with Gasteiger partial charge in [0.15, 0.2) is 0 Å². The lowest BCUT2D eigenvalue weighted by Gasteiger charge is -2.23. The average Bonchev–Trinajstić information content (AvgIpc) is 2.17. The van der Waals surface area contributed by atoms with E-state index in [9.17, 15) is 0 Å². The van der Waals surface area contributed by atoms with E-state index in [0.717, 1.165) is 0 Å². The second-order valence-corrected chi connectivity index (χ2v) is 4.85. The summed E-state index contributed by atoms with van der Waals surface area (Å²) in [4.78, 5) is 0. The van der Waals surface area contributed by atoms with Crippen molar-refractivity contribution >= 4 is 0 Å². The van der Waals surface area contributed by atoms with Crippen LogP contribution >= 0.6 is 0 Å². The van der Waals surface area contributed by atoms with Gasteiger partial charge in [0.05, 0.1) is 0 Å². The number of aryl methyl sites for hydroxylation is 2. The molecular weight excluding hydrogens is 182 g/mol. The smallest absolute Gasteiger partial charge is 0.0107 e. The highest BCUT2D eigenvalue weighted by Crippen LogP contribution is 2.15. The van der Waals surface area contributed by atoms with E-state index in [1.165, 1.54) is 48.9 Å². The van der Waals surface area contributed by atoms with Crippen LogP contribution in [0.15, 0.2) is 18.2 Å². The third kappa shape index (κ3) is 3.07. The highest BCUT2D eigenvalue weighted by molar-refractivity contribution is 5.29. The number of benzene rings is 1.